The molecule has 88 valence electrons. The van der Waals surface area contributed by atoms with Crippen LogP contribution in [0.4, 0.5) is 11.5 Å². The number of pyridine rings is 1. The summed E-state index contributed by atoms with van der Waals surface area (Å²) >= 11 is 5.80. The molecule has 1 aromatic rings. The summed E-state index contributed by atoms with van der Waals surface area (Å²) in [6.45, 7) is 0.971. The Morgan fingerprint density at radius 3 is 2.81 bits per heavy atom. The third-order valence-corrected chi connectivity index (χ3v) is 3.37. The largest absolute Gasteiger partial charge is 0.396 e. The topological polar surface area (TPSA) is 50.9 Å². The molecule has 0 spiro atoms. The minimum absolute atomic E-state index is 0.584. The Morgan fingerprint density at radius 1 is 1.38 bits per heavy atom. The second-order valence-corrected chi connectivity index (χ2v) is 4.91. The first-order chi connectivity index (χ1) is 7.75. The molecule has 0 amide bonds. The van der Waals surface area contributed by atoms with Crippen LogP contribution in [0.15, 0.2) is 12.3 Å². The lowest BCUT2D eigenvalue weighted by molar-refractivity contribution is 0.373. The van der Waals surface area contributed by atoms with E-state index in [1.54, 1.807) is 12.3 Å². The van der Waals surface area contributed by atoms with Crippen molar-refractivity contribution >= 4 is 23.1 Å². The number of nitrogens with zero attached hydrogens (tertiary/aromatic N) is 1. The molecule has 0 atom stereocenters. The Labute approximate surface area is 101 Å². The summed E-state index contributed by atoms with van der Waals surface area (Å²) < 4.78 is 0. The van der Waals surface area contributed by atoms with Gasteiger partial charge in [0.25, 0.3) is 0 Å². The summed E-state index contributed by atoms with van der Waals surface area (Å²) in [5.74, 6) is 1.53. The first-order valence-corrected chi connectivity index (χ1v) is 6.28. The second kappa shape index (κ2) is 5.39. The highest BCUT2D eigenvalue weighted by Gasteiger charge is 2.13. The maximum atomic E-state index is 5.83. The van der Waals surface area contributed by atoms with Crippen LogP contribution in [-0.4, -0.2) is 11.5 Å². The maximum absolute atomic E-state index is 5.83. The number of halogens is 1. The van der Waals surface area contributed by atoms with Crippen LogP contribution in [0.25, 0.3) is 0 Å². The Morgan fingerprint density at radius 2 is 2.12 bits per heavy atom. The Hall–Kier alpha value is -0.960. The number of nitrogens with one attached hydrogen (secondary N) is 1. The highest BCUT2D eigenvalue weighted by Crippen LogP contribution is 2.25. The van der Waals surface area contributed by atoms with Gasteiger partial charge in [0, 0.05) is 12.7 Å². The fourth-order valence-electron chi connectivity index (χ4n) is 2.23. The van der Waals surface area contributed by atoms with Gasteiger partial charge in [-0.3, -0.25) is 0 Å². The van der Waals surface area contributed by atoms with E-state index in [2.05, 4.69) is 10.3 Å². The van der Waals surface area contributed by atoms with Crippen LogP contribution in [0.1, 0.15) is 32.1 Å². The van der Waals surface area contributed by atoms with Gasteiger partial charge in [-0.1, -0.05) is 30.9 Å². The molecule has 1 saturated carbocycles. The van der Waals surface area contributed by atoms with Crippen LogP contribution in [-0.2, 0) is 0 Å². The zero-order valence-electron chi connectivity index (χ0n) is 9.38. The Kier molecular flexibility index (Phi) is 3.88. The van der Waals surface area contributed by atoms with Gasteiger partial charge in [-0.15, -0.1) is 0 Å². The number of hydrogen-bond acceptors (Lipinski definition) is 3. The molecule has 1 heterocycles. The molecule has 0 aromatic carbocycles. The van der Waals surface area contributed by atoms with E-state index < -0.39 is 0 Å². The van der Waals surface area contributed by atoms with Crippen molar-refractivity contribution in [1.82, 2.24) is 4.98 Å². The highest BCUT2D eigenvalue weighted by molar-refractivity contribution is 6.30. The lowest BCUT2D eigenvalue weighted by atomic mass is 9.89. The highest BCUT2D eigenvalue weighted by atomic mass is 35.5. The molecule has 0 unspecified atom stereocenters. The number of hydrogen-bond donors (Lipinski definition) is 2. The van der Waals surface area contributed by atoms with Gasteiger partial charge in [0.05, 0.1) is 10.7 Å². The van der Waals surface area contributed by atoms with Gasteiger partial charge in [0.1, 0.15) is 5.82 Å². The molecule has 0 radical (unpaired) electrons. The molecule has 0 bridgehead atoms. The summed E-state index contributed by atoms with van der Waals surface area (Å²) in [6, 6.07) is 1.73. The third kappa shape index (κ3) is 3.01. The van der Waals surface area contributed by atoms with Gasteiger partial charge in [-0.05, 0) is 24.8 Å². The predicted molar refractivity (Wildman–Crippen MR) is 68.7 cm³/mol. The average Bonchev–Trinajstić information content (AvgIpc) is 2.29. The fraction of sp³-hybridized carbons (Fsp3) is 0.583. The van der Waals surface area contributed by atoms with E-state index in [9.17, 15) is 0 Å². The molecular formula is C12H18ClN3. The van der Waals surface area contributed by atoms with Crippen molar-refractivity contribution < 1.29 is 0 Å². The zero-order chi connectivity index (χ0) is 11.4. The summed E-state index contributed by atoms with van der Waals surface area (Å²) in [6.07, 6.45) is 8.37. The van der Waals surface area contributed by atoms with E-state index >= 15 is 0 Å². The SMILES string of the molecule is Nc1cc(Cl)cnc1NCC1CCCCC1. The number of anilines is 2. The van der Waals surface area contributed by atoms with Crippen LogP contribution in [0, 0.1) is 5.92 Å². The monoisotopic (exact) mass is 239 g/mol. The molecule has 0 saturated heterocycles. The van der Waals surface area contributed by atoms with Crippen molar-refractivity contribution in [2.24, 2.45) is 5.92 Å². The van der Waals surface area contributed by atoms with Gasteiger partial charge in [0.2, 0.25) is 0 Å². The second-order valence-electron chi connectivity index (χ2n) is 4.48. The van der Waals surface area contributed by atoms with Crippen molar-refractivity contribution in [2.75, 3.05) is 17.6 Å². The van der Waals surface area contributed by atoms with Crippen molar-refractivity contribution in [3.05, 3.63) is 17.3 Å². The van der Waals surface area contributed by atoms with Gasteiger partial charge < -0.3 is 11.1 Å². The standard InChI is InChI=1S/C12H18ClN3/c13-10-6-11(14)12(16-8-10)15-7-9-4-2-1-3-5-9/h6,8-9H,1-5,7,14H2,(H,15,16). The van der Waals surface area contributed by atoms with E-state index in [0.29, 0.717) is 10.7 Å². The van der Waals surface area contributed by atoms with Gasteiger partial charge in [0.15, 0.2) is 0 Å². The molecule has 1 aliphatic carbocycles. The van der Waals surface area contributed by atoms with Gasteiger partial charge in [-0.2, -0.15) is 0 Å². The quantitative estimate of drug-likeness (QED) is 0.851. The van der Waals surface area contributed by atoms with Crippen LogP contribution >= 0.6 is 11.6 Å². The number of rotatable bonds is 3. The molecule has 3 N–H and O–H groups in total. The fourth-order valence-corrected chi connectivity index (χ4v) is 2.40. The van der Waals surface area contributed by atoms with Crippen LogP contribution < -0.4 is 11.1 Å². The van der Waals surface area contributed by atoms with Gasteiger partial charge in [-0.25, -0.2) is 4.98 Å². The average molecular weight is 240 g/mol. The minimum Gasteiger partial charge on any atom is -0.396 e. The number of nitrogens with two attached hydrogens (primary N) is 1. The molecule has 0 aliphatic heterocycles. The third-order valence-electron chi connectivity index (χ3n) is 3.17. The van der Waals surface area contributed by atoms with E-state index in [1.165, 1.54) is 32.1 Å². The lowest BCUT2D eigenvalue weighted by Crippen LogP contribution is -2.18. The normalized spacial score (nSPS) is 17.3. The van der Waals surface area contributed by atoms with E-state index in [4.69, 9.17) is 17.3 Å². The van der Waals surface area contributed by atoms with E-state index in [-0.39, 0.29) is 0 Å². The van der Waals surface area contributed by atoms with Gasteiger partial charge >= 0.3 is 0 Å². The van der Waals surface area contributed by atoms with Crippen molar-refractivity contribution in [2.45, 2.75) is 32.1 Å². The molecule has 1 aromatic heterocycles. The van der Waals surface area contributed by atoms with Crippen molar-refractivity contribution in [1.29, 1.82) is 0 Å². The lowest BCUT2D eigenvalue weighted by Gasteiger charge is -2.22. The molecule has 4 heteroatoms. The summed E-state index contributed by atoms with van der Waals surface area (Å²) in [7, 11) is 0. The molecule has 1 aliphatic rings. The van der Waals surface area contributed by atoms with Crippen LogP contribution in [0.2, 0.25) is 5.02 Å². The first-order valence-electron chi connectivity index (χ1n) is 5.90. The molecule has 3 nitrogen and oxygen atoms in total. The number of nitrogen functional groups attached to an aromatic ring is 1. The summed E-state index contributed by atoms with van der Waals surface area (Å²) in [5, 5.41) is 3.90. The van der Waals surface area contributed by atoms with Crippen molar-refractivity contribution in [3.63, 3.8) is 0 Å². The van der Waals surface area contributed by atoms with Crippen molar-refractivity contribution in [3.8, 4) is 0 Å². The predicted octanol–water partition coefficient (Wildman–Crippen LogP) is 3.31. The number of aromatic nitrogens is 1. The minimum atomic E-state index is 0.584. The molecule has 2 rings (SSSR count). The Bertz CT molecular complexity index is 348. The summed E-state index contributed by atoms with van der Waals surface area (Å²) in [5.41, 5.74) is 6.46. The smallest absolute Gasteiger partial charge is 0.149 e. The van der Waals surface area contributed by atoms with E-state index in [0.717, 1.165) is 18.3 Å². The molecule has 1 fully saturated rings. The van der Waals surface area contributed by atoms with E-state index in [1.807, 2.05) is 0 Å². The van der Waals surface area contributed by atoms with Crippen LogP contribution in [0.5, 0.6) is 0 Å². The zero-order valence-corrected chi connectivity index (χ0v) is 10.1. The molecule has 16 heavy (non-hydrogen) atoms. The maximum Gasteiger partial charge on any atom is 0.149 e. The Balaban J connectivity index is 1.88. The van der Waals surface area contributed by atoms with Crippen LogP contribution in [0.3, 0.4) is 0 Å². The first kappa shape index (κ1) is 11.5. The summed E-state index contributed by atoms with van der Waals surface area (Å²) in [4.78, 5) is 4.19. The molecular weight excluding hydrogens is 222 g/mol.